The third kappa shape index (κ3) is 4.43. The molecule has 0 radical (unpaired) electrons. The highest BCUT2D eigenvalue weighted by molar-refractivity contribution is 7.09. The number of para-hydroxylation sites is 1. The number of ether oxygens (including phenoxy) is 2. The number of carbonyl (C=O) groups is 2. The van der Waals surface area contributed by atoms with Gasteiger partial charge in [0.05, 0.1) is 31.4 Å². The Morgan fingerprint density at radius 1 is 1.09 bits per heavy atom. The van der Waals surface area contributed by atoms with Crippen LogP contribution in [0.4, 0.5) is 0 Å². The molecule has 1 fully saturated rings. The molecule has 2 heterocycles. The number of aryl methyl sites for hydroxylation is 1. The van der Waals surface area contributed by atoms with Gasteiger partial charge in [0.15, 0.2) is 0 Å². The van der Waals surface area contributed by atoms with Crippen LogP contribution in [0.3, 0.4) is 0 Å². The Bertz CT molecular complexity index is 1250. The number of hydrogen-bond donors (Lipinski definition) is 1. The molecule has 176 valence electrons. The first kappa shape index (κ1) is 23.6. The number of likely N-dealkylation sites (tertiary alicyclic amines) is 1. The van der Waals surface area contributed by atoms with Crippen molar-refractivity contribution in [1.29, 1.82) is 0 Å². The summed E-state index contributed by atoms with van der Waals surface area (Å²) in [7, 11) is 1.54. The number of rotatable bonds is 7. The van der Waals surface area contributed by atoms with Gasteiger partial charge in [0.1, 0.15) is 17.3 Å². The van der Waals surface area contributed by atoms with Crippen LogP contribution in [0.1, 0.15) is 41.5 Å². The first-order chi connectivity index (χ1) is 16.3. The second-order valence-electron chi connectivity index (χ2n) is 8.40. The fourth-order valence-electron chi connectivity index (χ4n) is 4.17. The average Bonchev–Trinajstić information content (AvgIpc) is 3.42. The maximum atomic E-state index is 13.3. The van der Waals surface area contributed by atoms with Crippen LogP contribution in [-0.4, -0.2) is 34.9 Å². The van der Waals surface area contributed by atoms with Gasteiger partial charge in [0, 0.05) is 16.0 Å². The summed E-state index contributed by atoms with van der Waals surface area (Å²) < 4.78 is 11.3. The molecule has 4 rings (SSSR count). The molecular formula is C27H27NO5S. The number of thiophene rings is 1. The van der Waals surface area contributed by atoms with Crippen molar-refractivity contribution >= 4 is 28.8 Å². The lowest BCUT2D eigenvalue weighted by Gasteiger charge is -2.26. The van der Waals surface area contributed by atoms with Gasteiger partial charge >= 0.3 is 0 Å². The highest BCUT2D eigenvalue weighted by atomic mass is 32.1. The molecule has 1 unspecified atom stereocenters. The summed E-state index contributed by atoms with van der Waals surface area (Å²) in [5.74, 6) is -0.353. The van der Waals surface area contributed by atoms with E-state index in [0.29, 0.717) is 22.6 Å². The number of aliphatic hydroxyl groups is 1. The molecule has 2 aromatic carbocycles. The Balaban J connectivity index is 1.86. The minimum Gasteiger partial charge on any atom is -0.507 e. The first-order valence-electron chi connectivity index (χ1n) is 11.0. The van der Waals surface area contributed by atoms with Gasteiger partial charge in [-0.15, -0.1) is 11.3 Å². The van der Waals surface area contributed by atoms with E-state index in [9.17, 15) is 14.7 Å². The molecule has 1 amide bonds. The van der Waals surface area contributed by atoms with Gasteiger partial charge in [0.25, 0.3) is 11.7 Å². The molecule has 0 saturated carbocycles. The van der Waals surface area contributed by atoms with E-state index in [4.69, 9.17) is 9.47 Å². The van der Waals surface area contributed by atoms with E-state index in [1.807, 2.05) is 56.5 Å². The molecule has 34 heavy (non-hydrogen) atoms. The summed E-state index contributed by atoms with van der Waals surface area (Å²) in [5, 5.41) is 13.3. The molecule has 1 saturated heterocycles. The van der Waals surface area contributed by atoms with E-state index in [0.717, 1.165) is 10.4 Å². The lowest BCUT2D eigenvalue weighted by molar-refractivity contribution is -0.140. The second kappa shape index (κ2) is 9.73. The Kier molecular flexibility index (Phi) is 6.75. The fourth-order valence-corrected chi connectivity index (χ4v) is 4.87. The minimum atomic E-state index is -0.787. The van der Waals surface area contributed by atoms with Gasteiger partial charge in [-0.25, -0.2) is 0 Å². The molecule has 3 aromatic rings. The Labute approximate surface area is 203 Å². The topological polar surface area (TPSA) is 76.1 Å². The number of aliphatic hydroxyl groups excluding tert-OH is 1. The summed E-state index contributed by atoms with van der Waals surface area (Å²) in [6.45, 7) is 6.01. The fraction of sp³-hybridized carbons (Fsp3) is 0.259. The number of ketones is 1. The predicted molar refractivity (Wildman–Crippen MR) is 132 cm³/mol. The van der Waals surface area contributed by atoms with Crippen LogP contribution < -0.4 is 9.47 Å². The lowest BCUT2D eigenvalue weighted by atomic mass is 9.94. The van der Waals surface area contributed by atoms with Gasteiger partial charge in [-0.1, -0.05) is 24.3 Å². The quantitative estimate of drug-likeness (QED) is 0.277. The summed E-state index contributed by atoms with van der Waals surface area (Å²) >= 11 is 1.51. The molecule has 1 aromatic heterocycles. The van der Waals surface area contributed by atoms with Gasteiger partial charge in [-0.3, -0.25) is 9.59 Å². The smallest absolute Gasteiger partial charge is 0.295 e. The Morgan fingerprint density at radius 2 is 1.85 bits per heavy atom. The zero-order valence-corrected chi connectivity index (χ0v) is 20.4. The molecule has 6 nitrogen and oxygen atoms in total. The van der Waals surface area contributed by atoms with Crippen molar-refractivity contribution in [1.82, 2.24) is 4.90 Å². The zero-order chi connectivity index (χ0) is 24.4. The van der Waals surface area contributed by atoms with Gasteiger partial charge in [0.2, 0.25) is 0 Å². The first-order valence-corrected chi connectivity index (χ1v) is 11.9. The van der Waals surface area contributed by atoms with E-state index in [-0.39, 0.29) is 24.0 Å². The third-order valence-corrected chi connectivity index (χ3v) is 6.55. The van der Waals surface area contributed by atoms with Crippen LogP contribution >= 0.6 is 11.3 Å². The van der Waals surface area contributed by atoms with Crippen molar-refractivity contribution in [2.75, 3.05) is 7.11 Å². The summed E-state index contributed by atoms with van der Waals surface area (Å²) in [6, 6.07) is 15.5. The highest BCUT2D eigenvalue weighted by Crippen LogP contribution is 2.43. The predicted octanol–water partition coefficient (Wildman–Crippen LogP) is 5.47. The third-order valence-electron chi connectivity index (χ3n) is 5.69. The van der Waals surface area contributed by atoms with Crippen molar-refractivity contribution in [3.63, 3.8) is 0 Å². The van der Waals surface area contributed by atoms with Crippen LogP contribution in [0.15, 0.2) is 65.6 Å². The maximum absolute atomic E-state index is 13.3. The number of benzene rings is 2. The molecule has 1 atom stereocenters. The summed E-state index contributed by atoms with van der Waals surface area (Å²) in [4.78, 5) is 28.9. The van der Waals surface area contributed by atoms with Crippen molar-refractivity contribution in [2.24, 2.45) is 0 Å². The lowest BCUT2D eigenvalue weighted by Crippen LogP contribution is -2.29. The summed E-state index contributed by atoms with van der Waals surface area (Å²) in [5.41, 5.74) is 1.95. The number of hydrogen-bond acceptors (Lipinski definition) is 6. The largest absolute Gasteiger partial charge is 0.507 e. The van der Waals surface area contributed by atoms with Crippen molar-refractivity contribution in [3.05, 3.63) is 87.1 Å². The van der Waals surface area contributed by atoms with E-state index in [1.54, 1.807) is 31.4 Å². The van der Waals surface area contributed by atoms with Crippen LogP contribution in [0.25, 0.3) is 5.76 Å². The number of amides is 1. The molecule has 1 aliphatic heterocycles. The van der Waals surface area contributed by atoms with Gasteiger partial charge in [-0.05, 0) is 62.0 Å². The molecule has 7 heteroatoms. The number of Topliss-reactive ketones (excluding diaryl/α,β-unsaturated/α-hetero) is 1. The standard InChI is InChI=1S/C27H27NO5S/c1-16(2)33-21-12-11-18(14-17(21)3)25(29)23-24(20-9-5-6-10-22(20)32-4)28(27(31)26(23)30)15-19-8-7-13-34-19/h5-14,16,24,29H,15H2,1-4H3/b25-23+. The highest BCUT2D eigenvalue weighted by Gasteiger charge is 2.47. The van der Waals surface area contributed by atoms with Crippen molar-refractivity contribution < 1.29 is 24.2 Å². The maximum Gasteiger partial charge on any atom is 0.295 e. The molecule has 0 bridgehead atoms. The van der Waals surface area contributed by atoms with E-state index < -0.39 is 17.7 Å². The van der Waals surface area contributed by atoms with Crippen LogP contribution in [0.2, 0.25) is 0 Å². The normalized spacial score (nSPS) is 17.4. The average molecular weight is 478 g/mol. The number of nitrogens with zero attached hydrogens (tertiary/aromatic N) is 1. The van der Waals surface area contributed by atoms with Crippen molar-refractivity contribution in [2.45, 2.75) is 39.5 Å². The van der Waals surface area contributed by atoms with E-state index in [2.05, 4.69) is 0 Å². The Morgan fingerprint density at radius 3 is 2.50 bits per heavy atom. The SMILES string of the molecule is COc1ccccc1C1/C(=C(\O)c2ccc(OC(C)C)c(C)c2)C(=O)C(=O)N1Cc1cccs1. The van der Waals surface area contributed by atoms with Gasteiger partial charge < -0.3 is 19.5 Å². The molecule has 0 aliphatic carbocycles. The molecular weight excluding hydrogens is 450 g/mol. The molecule has 1 N–H and O–H groups in total. The number of carbonyl (C=O) groups excluding carboxylic acids is 2. The van der Waals surface area contributed by atoms with Crippen LogP contribution in [-0.2, 0) is 16.1 Å². The van der Waals surface area contributed by atoms with Gasteiger partial charge in [-0.2, -0.15) is 0 Å². The number of methoxy groups -OCH3 is 1. The summed E-state index contributed by atoms with van der Waals surface area (Å²) in [6.07, 6.45) is 0.00580. The second-order valence-corrected chi connectivity index (χ2v) is 9.43. The zero-order valence-electron chi connectivity index (χ0n) is 19.6. The monoisotopic (exact) mass is 477 g/mol. The molecule has 0 spiro atoms. The van der Waals surface area contributed by atoms with Crippen molar-refractivity contribution in [3.8, 4) is 11.5 Å². The van der Waals surface area contributed by atoms with E-state index >= 15 is 0 Å². The minimum absolute atomic E-state index is 0.00580. The van der Waals surface area contributed by atoms with Crippen LogP contribution in [0.5, 0.6) is 11.5 Å². The molecule has 1 aliphatic rings. The Hall–Kier alpha value is -3.58. The van der Waals surface area contributed by atoms with E-state index in [1.165, 1.54) is 16.2 Å². The van der Waals surface area contributed by atoms with Crippen LogP contribution in [0, 0.1) is 6.92 Å².